The van der Waals surface area contributed by atoms with Gasteiger partial charge in [0.25, 0.3) is 5.91 Å². The first kappa shape index (κ1) is 15.8. The first-order valence-corrected chi connectivity index (χ1v) is 7.18. The van der Waals surface area contributed by atoms with E-state index in [0.29, 0.717) is 27.6 Å². The van der Waals surface area contributed by atoms with Crippen LogP contribution in [0.4, 0.5) is 5.00 Å². The van der Waals surface area contributed by atoms with Crippen LogP contribution in [-0.4, -0.2) is 33.2 Å². The zero-order valence-corrected chi connectivity index (χ0v) is 13.2. The Balaban J connectivity index is 2.31. The van der Waals surface area contributed by atoms with E-state index in [0.717, 1.165) is 0 Å². The molecule has 1 aromatic heterocycles. The van der Waals surface area contributed by atoms with Crippen molar-refractivity contribution in [1.82, 2.24) is 0 Å². The van der Waals surface area contributed by atoms with Crippen LogP contribution in [0.15, 0.2) is 29.6 Å². The number of esters is 1. The molecule has 0 aliphatic heterocycles. The first-order valence-electron chi connectivity index (χ1n) is 6.30. The van der Waals surface area contributed by atoms with Crippen molar-refractivity contribution >= 4 is 28.2 Å². The lowest BCUT2D eigenvalue weighted by Crippen LogP contribution is -2.15. The summed E-state index contributed by atoms with van der Waals surface area (Å²) < 4.78 is 15.1. The van der Waals surface area contributed by atoms with Crippen LogP contribution in [0.25, 0.3) is 0 Å². The summed E-state index contributed by atoms with van der Waals surface area (Å²) in [4.78, 5) is 24.1. The molecule has 6 nitrogen and oxygen atoms in total. The second kappa shape index (κ2) is 6.95. The zero-order chi connectivity index (χ0) is 16.1. The Bertz CT molecular complexity index is 695. The summed E-state index contributed by atoms with van der Waals surface area (Å²) in [6, 6.07) is 6.59. The highest BCUT2D eigenvalue weighted by molar-refractivity contribution is 7.14. The molecule has 1 N–H and O–H groups in total. The molecule has 2 aromatic rings. The number of para-hydroxylation sites is 1. The van der Waals surface area contributed by atoms with Gasteiger partial charge in [-0.15, -0.1) is 11.3 Å². The van der Waals surface area contributed by atoms with Gasteiger partial charge in [-0.1, -0.05) is 6.07 Å². The zero-order valence-electron chi connectivity index (χ0n) is 12.3. The van der Waals surface area contributed by atoms with Crippen LogP contribution >= 0.6 is 11.3 Å². The number of anilines is 1. The Morgan fingerprint density at radius 1 is 1.05 bits per heavy atom. The lowest BCUT2D eigenvalue weighted by atomic mass is 10.1. The van der Waals surface area contributed by atoms with E-state index < -0.39 is 11.9 Å². The van der Waals surface area contributed by atoms with Crippen LogP contribution in [0.5, 0.6) is 11.5 Å². The van der Waals surface area contributed by atoms with Gasteiger partial charge >= 0.3 is 5.97 Å². The summed E-state index contributed by atoms with van der Waals surface area (Å²) in [5, 5.41) is 4.81. The third-order valence-corrected chi connectivity index (χ3v) is 3.78. The second-order valence-electron chi connectivity index (χ2n) is 4.15. The summed E-state index contributed by atoms with van der Waals surface area (Å²) >= 11 is 1.23. The number of thiophene rings is 1. The average Bonchev–Trinajstić information content (AvgIpc) is 3.01. The minimum absolute atomic E-state index is 0.308. The van der Waals surface area contributed by atoms with Crippen molar-refractivity contribution in [3.63, 3.8) is 0 Å². The maximum Gasteiger partial charge on any atom is 0.340 e. The van der Waals surface area contributed by atoms with Crippen molar-refractivity contribution in [3.8, 4) is 11.5 Å². The van der Waals surface area contributed by atoms with Gasteiger partial charge in [0.05, 0.1) is 32.5 Å². The Morgan fingerprint density at radius 3 is 2.45 bits per heavy atom. The topological polar surface area (TPSA) is 73.9 Å². The summed E-state index contributed by atoms with van der Waals surface area (Å²) in [6.45, 7) is 0. The maximum atomic E-state index is 12.4. The monoisotopic (exact) mass is 321 g/mol. The van der Waals surface area contributed by atoms with Crippen molar-refractivity contribution in [1.29, 1.82) is 0 Å². The molecule has 1 amide bonds. The number of methoxy groups -OCH3 is 3. The Morgan fingerprint density at radius 2 is 1.82 bits per heavy atom. The molecule has 0 spiro atoms. The number of rotatable bonds is 5. The fraction of sp³-hybridized carbons (Fsp3) is 0.200. The standard InChI is InChI=1S/C15H15NO5S/c1-19-11-6-4-5-9(12(11)20-2)13(17)16-14-10(7-8-22-14)15(18)21-3/h4-8H,1-3H3,(H,16,17). The molecule has 0 bridgehead atoms. The van der Waals surface area contributed by atoms with E-state index in [4.69, 9.17) is 9.47 Å². The number of hydrogen-bond donors (Lipinski definition) is 1. The largest absolute Gasteiger partial charge is 0.493 e. The third-order valence-electron chi connectivity index (χ3n) is 2.95. The fourth-order valence-electron chi connectivity index (χ4n) is 1.91. The Labute approximate surface area is 131 Å². The molecule has 0 aliphatic carbocycles. The molecule has 0 saturated carbocycles. The van der Waals surface area contributed by atoms with Gasteiger partial charge in [0.15, 0.2) is 11.5 Å². The SMILES string of the molecule is COC(=O)c1ccsc1NC(=O)c1cccc(OC)c1OC. The predicted octanol–water partition coefficient (Wildman–Crippen LogP) is 2.80. The lowest BCUT2D eigenvalue weighted by Gasteiger charge is -2.12. The molecule has 22 heavy (non-hydrogen) atoms. The van der Waals surface area contributed by atoms with E-state index >= 15 is 0 Å². The molecule has 1 heterocycles. The van der Waals surface area contributed by atoms with Crippen molar-refractivity contribution in [3.05, 3.63) is 40.8 Å². The second-order valence-corrected chi connectivity index (χ2v) is 5.07. The number of ether oxygens (including phenoxy) is 3. The number of nitrogens with one attached hydrogen (secondary N) is 1. The molecule has 1 aromatic carbocycles. The van der Waals surface area contributed by atoms with E-state index in [1.807, 2.05) is 0 Å². The van der Waals surface area contributed by atoms with E-state index in [9.17, 15) is 9.59 Å². The van der Waals surface area contributed by atoms with Gasteiger partial charge in [0.2, 0.25) is 0 Å². The van der Waals surface area contributed by atoms with Gasteiger partial charge in [0.1, 0.15) is 5.00 Å². The Hall–Kier alpha value is -2.54. The summed E-state index contributed by atoms with van der Waals surface area (Å²) in [5.74, 6) is -0.120. The normalized spacial score (nSPS) is 9.95. The minimum Gasteiger partial charge on any atom is -0.493 e. The number of benzene rings is 1. The maximum absolute atomic E-state index is 12.4. The van der Waals surface area contributed by atoms with E-state index in [1.54, 1.807) is 29.6 Å². The molecule has 0 atom stereocenters. The summed E-state index contributed by atoms with van der Waals surface area (Å²) in [7, 11) is 4.24. The molecule has 0 fully saturated rings. The van der Waals surface area contributed by atoms with Crippen molar-refractivity contribution < 1.29 is 23.8 Å². The van der Waals surface area contributed by atoms with Crippen molar-refractivity contribution in [2.75, 3.05) is 26.6 Å². The minimum atomic E-state index is -0.505. The Kier molecular flexibility index (Phi) is 5.00. The molecular weight excluding hydrogens is 306 g/mol. The lowest BCUT2D eigenvalue weighted by molar-refractivity contribution is 0.0602. The molecule has 2 rings (SSSR count). The van der Waals surface area contributed by atoms with Crippen LogP contribution in [0.1, 0.15) is 20.7 Å². The molecule has 0 saturated heterocycles. The highest BCUT2D eigenvalue weighted by Gasteiger charge is 2.20. The highest BCUT2D eigenvalue weighted by Crippen LogP contribution is 2.32. The molecular formula is C15H15NO5S. The third kappa shape index (κ3) is 3.04. The van der Waals surface area contributed by atoms with E-state index in [2.05, 4.69) is 10.1 Å². The van der Waals surface area contributed by atoms with Gasteiger partial charge in [-0.2, -0.15) is 0 Å². The highest BCUT2D eigenvalue weighted by atomic mass is 32.1. The van der Waals surface area contributed by atoms with Crippen molar-refractivity contribution in [2.45, 2.75) is 0 Å². The van der Waals surface area contributed by atoms with Crippen LogP contribution in [0, 0.1) is 0 Å². The average molecular weight is 321 g/mol. The fourth-order valence-corrected chi connectivity index (χ4v) is 2.68. The molecule has 7 heteroatoms. The van der Waals surface area contributed by atoms with Gasteiger partial charge in [-0.05, 0) is 23.6 Å². The summed E-state index contributed by atoms with van der Waals surface area (Å²) in [6.07, 6.45) is 0. The summed E-state index contributed by atoms with van der Waals surface area (Å²) in [5.41, 5.74) is 0.619. The van der Waals surface area contributed by atoms with Gasteiger partial charge in [-0.25, -0.2) is 4.79 Å². The first-order chi connectivity index (χ1) is 10.6. The molecule has 116 valence electrons. The molecule has 0 unspecified atom stereocenters. The van der Waals surface area contributed by atoms with Crippen LogP contribution in [-0.2, 0) is 4.74 Å². The number of amides is 1. The van der Waals surface area contributed by atoms with Gasteiger partial charge < -0.3 is 19.5 Å². The van der Waals surface area contributed by atoms with Crippen LogP contribution in [0.2, 0.25) is 0 Å². The smallest absolute Gasteiger partial charge is 0.340 e. The predicted molar refractivity (Wildman–Crippen MR) is 83.2 cm³/mol. The van der Waals surface area contributed by atoms with Crippen LogP contribution < -0.4 is 14.8 Å². The van der Waals surface area contributed by atoms with Crippen molar-refractivity contribution in [2.24, 2.45) is 0 Å². The quantitative estimate of drug-likeness (QED) is 0.857. The number of carbonyl (C=O) groups is 2. The molecule has 0 radical (unpaired) electrons. The van der Waals surface area contributed by atoms with Crippen LogP contribution in [0.3, 0.4) is 0 Å². The van der Waals surface area contributed by atoms with Gasteiger partial charge in [-0.3, -0.25) is 4.79 Å². The number of carbonyl (C=O) groups excluding carboxylic acids is 2. The van der Waals surface area contributed by atoms with E-state index in [-0.39, 0.29) is 0 Å². The number of hydrogen-bond acceptors (Lipinski definition) is 6. The molecule has 0 aliphatic rings. The van der Waals surface area contributed by atoms with E-state index in [1.165, 1.54) is 32.7 Å². The van der Waals surface area contributed by atoms with Gasteiger partial charge in [0, 0.05) is 0 Å².